The fourth-order valence-electron chi connectivity index (χ4n) is 1.88. The lowest BCUT2D eigenvalue weighted by Crippen LogP contribution is -2.10. The van der Waals surface area contributed by atoms with Crippen molar-refractivity contribution in [3.05, 3.63) is 53.3 Å². The highest BCUT2D eigenvalue weighted by molar-refractivity contribution is 5.89. The molecule has 0 aliphatic rings. The monoisotopic (exact) mass is 335 g/mol. The summed E-state index contributed by atoms with van der Waals surface area (Å²) >= 11 is 0. The number of carbonyl (C=O) groups is 1. The molecule has 0 amide bonds. The van der Waals surface area contributed by atoms with Gasteiger partial charge in [-0.15, -0.1) is 0 Å². The number of hydrogen-bond acceptors (Lipinski definition) is 2. The summed E-state index contributed by atoms with van der Waals surface area (Å²) in [6, 6.07) is 3.65. The van der Waals surface area contributed by atoms with Crippen LogP contribution >= 0.6 is 0 Å². The lowest BCUT2D eigenvalue weighted by atomic mass is 9.98. The van der Waals surface area contributed by atoms with E-state index in [1.165, 1.54) is 0 Å². The molecule has 2 rings (SSSR count). The Kier molecular flexibility index (Phi) is 4.06. The SMILES string of the molecule is O=C(O)c1ccc(-c2ccc(C(F)(F)F)nc2)c(C(F)(F)F)c1. The van der Waals surface area contributed by atoms with E-state index in [4.69, 9.17) is 5.11 Å². The molecule has 0 radical (unpaired) electrons. The highest BCUT2D eigenvalue weighted by atomic mass is 19.4. The number of carboxylic acids is 1. The summed E-state index contributed by atoms with van der Waals surface area (Å²) < 4.78 is 76.4. The van der Waals surface area contributed by atoms with Gasteiger partial charge in [-0.3, -0.25) is 4.98 Å². The van der Waals surface area contributed by atoms with E-state index in [2.05, 4.69) is 4.98 Å². The number of carboxylic acid groups (broad SMARTS) is 1. The lowest BCUT2D eigenvalue weighted by molar-refractivity contribution is -0.141. The molecular formula is C14H7F6NO2. The van der Waals surface area contributed by atoms with E-state index in [-0.39, 0.29) is 5.56 Å². The Morgan fingerprint density at radius 3 is 2.04 bits per heavy atom. The second-order valence-electron chi connectivity index (χ2n) is 4.49. The second-order valence-corrected chi connectivity index (χ2v) is 4.49. The third-order valence-electron chi connectivity index (χ3n) is 2.94. The van der Waals surface area contributed by atoms with Gasteiger partial charge in [0.1, 0.15) is 5.69 Å². The van der Waals surface area contributed by atoms with Gasteiger partial charge < -0.3 is 5.11 Å². The number of hydrogen-bond donors (Lipinski definition) is 1. The number of aromatic nitrogens is 1. The van der Waals surface area contributed by atoms with E-state index in [0.717, 1.165) is 18.2 Å². The van der Waals surface area contributed by atoms with Gasteiger partial charge in [0.15, 0.2) is 0 Å². The lowest BCUT2D eigenvalue weighted by Gasteiger charge is -2.14. The molecule has 0 saturated heterocycles. The number of aromatic carboxylic acids is 1. The van der Waals surface area contributed by atoms with E-state index in [9.17, 15) is 31.1 Å². The van der Waals surface area contributed by atoms with Crippen LogP contribution in [-0.4, -0.2) is 16.1 Å². The van der Waals surface area contributed by atoms with E-state index < -0.39 is 40.7 Å². The maximum Gasteiger partial charge on any atom is 0.433 e. The Morgan fingerprint density at radius 1 is 0.957 bits per heavy atom. The number of halogens is 6. The van der Waals surface area contributed by atoms with Crippen molar-refractivity contribution in [2.24, 2.45) is 0 Å². The van der Waals surface area contributed by atoms with Crippen LogP contribution in [0.5, 0.6) is 0 Å². The van der Waals surface area contributed by atoms with Gasteiger partial charge in [0, 0.05) is 11.8 Å². The molecule has 1 heterocycles. The van der Waals surface area contributed by atoms with E-state index >= 15 is 0 Å². The third-order valence-corrected chi connectivity index (χ3v) is 2.94. The Balaban J connectivity index is 2.57. The Morgan fingerprint density at radius 2 is 1.61 bits per heavy atom. The summed E-state index contributed by atoms with van der Waals surface area (Å²) in [5, 5.41) is 8.76. The molecule has 9 heteroatoms. The first-order chi connectivity index (χ1) is 10.5. The number of rotatable bonds is 2. The summed E-state index contributed by atoms with van der Waals surface area (Å²) in [4.78, 5) is 13.9. The molecule has 2 aromatic rings. The molecule has 1 aromatic carbocycles. The second kappa shape index (κ2) is 5.56. The van der Waals surface area contributed by atoms with Crippen molar-refractivity contribution in [3.8, 4) is 11.1 Å². The molecular weight excluding hydrogens is 328 g/mol. The van der Waals surface area contributed by atoms with Gasteiger partial charge in [0.2, 0.25) is 0 Å². The molecule has 0 saturated carbocycles. The number of pyridine rings is 1. The number of nitrogens with zero attached hydrogens (tertiary/aromatic N) is 1. The zero-order valence-electron chi connectivity index (χ0n) is 11.0. The molecule has 1 N–H and O–H groups in total. The average molecular weight is 335 g/mol. The molecule has 0 aliphatic carbocycles. The largest absolute Gasteiger partial charge is 0.478 e. The number of benzene rings is 1. The topological polar surface area (TPSA) is 50.2 Å². The predicted octanol–water partition coefficient (Wildman–Crippen LogP) is 4.48. The van der Waals surface area contributed by atoms with E-state index in [1.54, 1.807) is 0 Å². The van der Waals surface area contributed by atoms with Crippen molar-refractivity contribution in [1.82, 2.24) is 4.98 Å². The molecule has 122 valence electrons. The van der Waals surface area contributed by atoms with E-state index in [1.807, 2.05) is 0 Å². The van der Waals surface area contributed by atoms with Crippen LogP contribution in [0, 0.1) is 0 Å². The van der Waals surface area contributed by atoms with Crippen LogP contribution in [0.15, 0.2) is 36.5 Å². The summed E-state index contributed by atoms with van der Waals surface area (Å²) in [5.74, 6) is -1.55. The van der Waals surface area contributed by atoms with Crippen LogP contribution in [0.4, 0.5) is 26.3 Å². The fourth-order valence-corrected chi connectivity index (χ4v) is 1.88. The standard InChI is InChI=1S/C14H7F6NO2/c15-13(16,17)10-5-7(12(22)23)1-3-9(10)8-2-4-11(21-6-8)14(18,19)20/h1-6H,(H,22,23). The van der Waals surface area contributed by atoms with Crippen LogP contribution in [0.25, 0.3) is 11.1 Å². The maximum absolute atomic E-state index is 13.1. The van der Waals surface area contributed by atoms with Gasteiger partial charge in [0.25, 0.3) is 0 Å². The maximum atomic E-state index is 13.1. The molecule has 0 spiro atoms. The first-order valence-corrected chi connectivity index (χ1v) is 5.98. The normalized spacial score (nSPS) is 12.3. The first-order valence-electron chi connectivity index (χ1n) is 5.98. The van der Waals surface area contributed by atoms with Crippen molar-refractivity contribution >= 4 is 5.97 Å². The highest BCUT2D eigenvalue weighted by Gasteiger charge is 2.35. The average Bonchev–Trinajstić information content (AvgIpc) is 2.45. The molecule has 1 aromatic heterocycles. The van der Waals surface area contributed by atoms with Gasteiger partial charge in [-0.2, -0.15) is 26.3 Å². The van der Waals surface area contributed by atoms with Crippen molar-refractivity contribution in [2.75, 3.05) is 0 Å². The quantitative estimate of drug-likeness (QED) is 0.823. The molecule has 0 aliphatic heterocycles. The smallest absolute Gasteiger partial charge is 0.433 e. The molecule has 0 atom stereocenters. The van der Waals surface area contributed by atoms with Gasteiger partial charge >= 0.3 is 18.3 Å². The van der Waals surface area contributed by atoms with Crippen molar-refractivity contribution < 1.29 is 36.2 Å². The summed E-state index contributed by atoms with van der Waals surface area (Å²) in [7, 11) is 0. The fraction of sp³-hybridized carbons (Fsp3) is 0.143. The van der Waals surface area contributed by atoms with Crippen molar-refractivity contribution in [2.45, 2.75) is 12.4 Å². The minimum atomic E-state index is -4.87. The van der Waals surface area contributed by atoms with Crippen LogP contribution in [-0.2, 0) is 12.4 Å². The predicted molar refractivity (Wildman–Crippen MR) is 66.6 cm³/mol. The van der Waals surface area contributed by atoms with Gasteiger partial charge in [0.05, 0.1) is 11.1 Å². The van der Waals surface area contributed by atoms with Crippen LogP contribution < -0.4 is 0 Å². The molecule has 3 nitrogen and oxygen atoms in total. The van der Waals surface area contributed by atoms with E-state index in [0.29, 0.717) is 18.3 Å². The highest BCUT2D eigenvalue weighted by Crippen LogP contribution is 2.38. The first kappa shape index (κ1) is 16.8. The molecule has 0 bridgehead atoms. The van der Waals surface area contributed by atoms with Crippen LogP contribution in [0.1, 0.15) is 21.6 Å². The zero-order valence-corrected chi connectivity index (χ0v) is 11.0. The Bertz CT molecular complexity index is 734. The minimum absolute atomic E-state index is 0.206. The van der Waals surface area contributed by atoms with Gasteiger partial charge in [-0.1, -0.05) is 12.1 Å². The summed E-state index contributed by atoms with van der Waals surface area (Å²) in [5.41, 5.74) is -3.75. The van der Waals surface area contributed by atoms with Gasteiger partial charge in [-0.25, -0.2) is 4.79 Å². The number of alkyl halides is 6. The van der Waals surface area contributed by atoms with Crippen molar-refractivity contribution in [1.29, 1.82) is 0 Å². The summed E-state index contributed by atoms with van der Waals surface area (Å²) in [6.45, 7) is 0. The van der Waals surface area contributed by atoms with Crippen molar-refractivity contribution in [3.63, 3.8) is 0 Å². The molecule has 0 fully saturated rings. The summed E-state index contributed by atoms with van der Waals surface area (Å²) in [6.07, 6.45) is -8.92. The Hall–Kier alpha value is -2.58. The molecule has 0 unspecified atom stereocenters. The Labute approximate surface area is 125 Å². The zero-order chi connectivity index (χ0) is 17.4. The van der Waals surface area contributed by atoms with Crippen LogP contribution in [0.3, 0.4) is 0 Å². The van der Waals surface area contributed by atoms with Crippen LogP contribution in [0.2, 0.25) is 0 Å². The third kappa shape index (κ3) is 3.61. The van der Waals surface area contributed by atoms with Gasteiger partial charge in [-0.05, 0) is 23.8 Å². The minimum Gasteiger partial charge on any atom is -0.478 e. The molecule has 23 heavy (non-hydrogen) atoms.